The normalized spacial score (nSPS) is 10.7. The molecule has 0 amide bonds. The highest BCUT2D eigenvalue weighted by Gasteiger charge is 2.15. The average Bonchev–Trinajstić information content (AvgIpc) is 2.99. The number of furan rings is 1. The first-order valence-electron chi connectivity index (χ1n) is 5.10. The fraction of sp³-hybridized carbons (Fsp3) is 0. The van der Waals surface area contributed by atoms with E-state index in [4.69, 9.17) is 20.5 Å². The van der Waals surface area contributed by atoms with Crippen LogP contribution in [-0.4, -0.2) is 15.2 Å². The fourth-order valence-corrected chi connectivity index (χ4v) is 1.69. The summed E-state index contributed by atoms with van der Waals surface area (Å²) < 4.78 is 10.2. The molecular formula is C12H7ClN2O3. The molecule has 3 rings (SSSR count). The number of aromatic hydroxyl groups is 1. The summed E-state index contributed by atoms with van der Waals surface area (Å²) in [7, 11) is 0. The van der Waals surface area contributed by atoms with Crippen molar-refractivity contribution in [2.75, 3.05) is 0 Å². The SMILES string of the molecule is Oc1cc(Cl)ccc1-c1nc(-c2ccco2)no1. The number of aromatic nitrogens is 2. The highest BCUT2D eigenvalue weighted by atomic mass is 35.5. The van der Waals surface area contributed by atoms with Gasteiger partial charge in [0.15, 0.2) is 5.76 Å². The lowest BCUT2D eigenvalue weighted by molar-refractivity contribution is 0.423. The zero-order valence-corrected chi connectivity index (χ0v) is 9.76. The Morgan fingerprint density at radius 2 is 2.11 bits per heavy atom. The number of rotatable bonds is 2. The van der Waals surface area contributed by atoms with Crippen molar-refractivity contribution in [2.24, 2.45) is 0 Å². The molecule has 0 unspecified atom stereocenters. The van der Waals surface area contributed by atoms with Crippen LogP contribution in [0.5, 0.6) is 5.75 Å². The molecule has 2 aromatic heterocycles. The molecule has 0 aliphatic carbocycles. The van der Waals surface area contributed by atoms with Crippen LogP contribution >= 0.6 is 11.6 Å². The van der Waals surface area contributed by atoms with Crippen LogP contribution in [0.2, 0.25) is 5.02 Å². The molecule has 3 aromatic rings. The summed E-state index contributed by atoms with van der Waals surface area (Å²) in [5.41, 5.74) is 0.421. The van der Waals surface area contributed by atoms with E-state index in [-0.39, 0.29) is 11.6 Å². The molecule has 90 valence electrons. The Morgan fingerprint density at radius 3 is 2.83 bits per heavy atom. The maximum atomic E-state index is 9.75. The second kappa shape index (κ2) is 4.19. The van der Waals surface area contributed by atoms with Crippen LogP contribution in [0, 0.1) is 0 Å². The molecule has 0 spiro atoms. The largest absolute Gasteiger partial charge is 0.507 e. The molecule has 6 heteroatoms. The molecule has 0 atom stereocenters. The third-order valence-electron chi connectivity index (χ3n) is 2.36. The summed E-state index contributed by atoms with van der Waals surface area (Å²) in [5.74, 6) is 1.01. The highest BCUT2D eigenvalue weighted by molar-refractivity contribution is 6.30. The van der Waals surface area contributed by atoms with E-state index in [1.165, 1.54) is 12.3 Å². The van der Waals surface area contributed by atoms with Gasteiger partial charge in [-0.3, -0.25) is 0 Å². The summed E-state index contributed by atoms with van der Waals surface area (Å²) in [6, 6.07) is 8.10. The second-order valence-electron chi connectivity index (χ2n) is 3.56. The van der Waals surface area contributed by atoms with Crippen LogP contribution < -0.4 is 0 Å². The zero-order valence-electron chi connectivity index (χ0n) is 9.00. The van der Waals surface area contributed by atoms with Crippen molar-refractivity contribution < 1.29 is 14.0 Å². The first-order chi connectivity index (χ1) is 8.74. The van der Waals surface area contributed by atoms with Gasteiger partial charge in [0.1, 0.15) is 5.75 Å². The number of hydrogen-bond acceptors (Lipinski definition) is 5. The van der Waals surface area contributed by atoms with E-state index < -0.39 is 0 Å². The molecule has 18 heavy (non-hydrogen) atoms. The minimum atomic E-state index is -0.0165. The van der Waals surface area contributed by atoms with Crippen molar-refractivity contribution in [3.8, 4) is 28.8 Å². The Hall–Kier alpha value is -2.27. The molecule has 0 saturated carbocycles. The van der Waals surface area contributed by atoms with Gasteiger partial charge in [-0.25, -0.2) is 0 Å². The first kappa shape index (κ1) is 10.9. The van der Waals surface area contributed by atoms with Gasteiger partial charge in [-0.05, 0) is 30.3 Å². The van der Waals surface area contributed by atoms with Gasteiger partial charge in [-0.15, -0.1) is 0 Å². The Balaban J connectivity index is 2.03. The number of halogens is 1. The molecule has 0 fully saturated rings. The third kappa shape index (κ3) is 1.84. The van der Waals surface area contributed by atoms with Gasteiger partial charge < -0.3 is 14.0 Å². The summed E-state index contributed by atoms with van der Waals surface area (Å²) in [5, 5.41) is 14.0. The van der Waals surface area contributed by atoms with E-state index in [2.05, 4.69) is 10.1 Å². The number of benzene rings is 1. The van der Waals surface area contributed by atoms with Gasteiger partial charge in [-0.2, -0.15) is 4.98 Å². The molecule has 1 N–H and O–H groups in total. The first-order valence-corrected chi connectivity index (χ1v) is 5.48. The predicted molar refractivity (Wildman–Crippen MR) is 64.1 cm³/mol. The van der Waals surface area contributed by atoms with Gasteiger partial charge in [0, 0.05) is 5.02 Å². The summed E-state index contributed by atoms with van der Waals surface area (Å²) in [4.78, 5) is 4.14. The summed E-state index contributed by atoms with van der Waals surface area (Å²) in [6.45, 7) is 0. The van der Waals surface area contributed by atoms with E-state index in [1.807, 2.05) is 0 Å². The standard InChI is InChI=1S/C12H7ClN2O3/c13-7-3-4-8(9(16)6-7)12-14-11(15-18-12)10-2-1-5-17-10/h1-6,16H. The lowest BCUT2D eigenvalue weighted by Crippen LogP contribution is -1.80. The lowest BCUT2D eigenvalue weighted by Gasteiger charge is -1.98. The Bertz CT molecular complexity index is 676. The van der Waals surface area contributed by atoms with Crippen LogP contribution in [0.3, 0.4) is 0 Å². The summed E-state index contributed by atoms with van der Waals surface area (Å²) in [6.07, 6.45) is 1.52. The van der Waals surface area contributed by atoms with Crippen LogP contribution in [0.4, 0.5) is 0 Å². The molecule has 0 saturated heterocycles. The van der Waals surface area contributed by atoms with E-state index in [0.29, 0.717) is 22.2 Å². The third-order valence-corrected chi connectivity index (χ3v) is 2.59. The summed E-state index contributed by atoms with van der Waals surface area (Å²) >= 11 is 5.75. The van der Waals surface area contributed by atoms with E-state index in [1.54, 1.807) is 24.3 Å². The maximum Gasteiger partial charge on any atom is 0.262 e. The number of hydrogen-bond donors (Lipinski definition) is 1. The molecular weight excluding hydrogens is 256 g/mol. The van der Waals surface area contributed by atoms with Crippen LogP contribution in [-0.2, 0) is 0 Å². The van der Waals surface area contributed by atoms with Crippen LogP contribution in [0.1, 0.15) is 0 Å². The molecule has 2 heterocycles. The Morgan fingerprint density at radius 1 is 1.22 bits per heavy atom. The van der Waals surface area contributed by atoms with Crippen molar-refractivity contribution in [1.82, 2.24) is 10.1 Å². The number of phenols is 1. The topological polar surface area (TPSA) is 72.3 Å². The van der Waals surface area contributed by atoms with Crippen LogP contribution in [0.25, 0.3) is 23.0 Å². The smallest absolute Gasteiger partial charge is 0.262 e. The van der Waals surface area contributed by atoms with Gasteiger partial charge in [0.2, 0.25) is 5.82 Å². The number of phenolic OH excluding ortho intramolecular Hbond substituents is 1. The molecule has 0 radical (unpaired) electrons. The predicted octanol–water partition coefficient (Wildman–Crippen LogP) is 3.36. The van der Waals surface area contributed by atoms with Crippen molar-refractivity contribution >= 4 is 11.6 Å². The van der Waals surface area contributed by atoms with E-state index >= 15 is 0 Å². The van der Waals surface area contributed by atoms with E-state index in [0.717, 1.165) is 0 Å². The minimum Gasteiger partial charge on any atom is -0.507 e. The Labute approximate surface area is 107 Å². The van der Waals surface area contributed by atoms with Gasteiger partial charge >= 0.3 is 0 Å². The quantitative estimate of drug-likeness (QED) is 0.767. The highest BCUT2D eigenvalue weighted by Crippen LogP contribution is 2.31. The molecule has 0 aliphatic rings. The fourth-order valence-electron chi connectivity index (χ4n) is 1.52. The van der Waals surface area contributed by atoms with Crippen LogP contribution in [0.15, 0.2) is 45.5 Å². The second-order valence-corrected chi connectivity index (χ2v) is 4.00. The maximum absolute atomic E-state index is 9.75. The number of nitrogens with zero attached hydrogens (tertiary/aromatic N) is 2. The molecule has 0 aliphatic heterocycles. The van der Waals surface area contributed by atoms with Gasteiger partial charge in [0.25, 0.3) is 5.89 Å². The Kier molecular flexibility index (Phi) is 2.53. The van der Waals surface area contributed by atoms with Crippen molar-refractivity contribution in [1.29, 1.82) is 0 Å². The monoisotopic (exact) mass is 262 g/mol. The molecule has 1 aromatic carbocycles. The zero-order chi connectivity index (χ0) is 12.5. The van der Waals surface area contributed by atoms with Gasteiger partial charge in [0.05, 0.1) is 11.8 Å². The minimum absolute atomic E-state index is 0.0165. The van der Waals surface area contributed by atoms with Crippen molar-refractivity contribution in [3.63, 3.8) is 0 Å². The van der Waals surface area contributed by atoms with E-state index in [9.17, 15) is 5.11 Å². The molecule has 5 nitrogen and oxygen atoms in total. The van der Waals surface area contributed by atoms with Crippen molar-refractivity contribution in [3.05, 3.63) is 41.6 Å². The lowest BCUT2D eigenvalue weighted by atomic mass is 10.2. The average molecular weight is 263 g/mol. The molecule has 0 bridgehead atoms. The van der Waals surface area contributed by atoms with Crippen molar-refractivity contribution in [2.45, 2.75) is 0 Å². The van der Waals surface area contributed by atoms with Gasteiger partial charge in [-0.1, -0.05) is 16.8 Å².